The molecule has 0 spiro atoms. The van der Waals surface area contributed by atoms with Gasteiger partial charge in [0.2, 0.25) is 0 Å². The average molecular weight is 170 g/mol. The second-order valence-electron chi connectivity index (χ2n) is 2.96. The van der Waals surface area contributed by atoms with Gasteiger partial charge in [-0.05, 0) is 19.8 Å². The van der Waals surface area contributed by atoms with E-state index >= 15 is 0 Å². The lowest BCUT2D eigenvalue weighted by Gasteiger charge is -2.09. The first-order valence-electron chi connectivity index (χ1n) is 4.32. The fraction of sp³-hybridized carbons (Fsp3) is 0.667. The van der Waals surface area contributed by atoms with Crippen molar-refractivity contribution >= 4 is 0 Å². The normalized spacial score (nSPS) is 20.3. The van der Waals surface area contributed by atoms with Gasteiger partial charge >= 0.3 is 0 Å². The first-order valence-corrected chi connectivity index (χ1v) is 4.32. The second-order valence-corrected chi connectivity index (χ2v) is 2.96. The van der Waals surface area contributed by atoms with E-state index in [1.165, 1.54) is 0 Å². The molecule has 0 unspecified atom stereocenters. The van der Waals surface area contributed by atoms with Crippen molar-refractivity contribution in [3.8, 4) is 0 Å². The van der Waals surface area contributed by atoms with Crippen LogP contribution in [0.1, 0.15) is 19.8 Å². The predicted octanol–water partition coefficient (Wildman–Crippen LogP) is 0.814. The maximum absolute atomic E-state index is 8.59. The maximum atomic E-state index is 8.59. The molecule has 3 nitrogen and oxygen atoms in total. The molecule has 3 heteroatoms. The lowest BCUT2D eigenvalue weighted by atomic mass is 10.2. The van der Waals surface area contributed by atoms with Crippen LogP contribution < -0.4 is 5.32 Å². The summed E-state index contributed by atoms with van der Waals surface area (Å²) in [5.74, 6) is 0. The van der Waals surface area contributed by atoms with Crippen LogP contribution in [0.5, 0.6) is 0 Å². The summed E-state index contributed by atoms with van der Waals surface area (Å²) < 4.78 is 5.30. The summed E-state index contributed by atoms with van der Waals surface area (Å²) >= 11 is 0. The highest BCUT2D eigenvalue weighted by molar-refractivity contribution is 5.01. The van der Waals surface area contributed by atoms with Crippen LogP contribution in [0.15, 0.2) is 11.6 Å². The van der Waals surface area contributed by atoms with Crippen molar-refractivity contribution in [3.63, 3.8) is 0 Å². The predicted molar refractivity (Wildman–Crippen MR) is 47.3 cm³/mol. The number of nitrogens with one attached hydrogen (secondary N) is 1. The van der Waals surface area contributed by atoms with Gasteiger partial charge in [-0.2, -0.15) is 0 Å². The van der Waals surface area contributed by atoms with E-state index in [1.807, 2.05) is 6.92 Å². The molecule has 0 amide bonds. The van der Waals surface area contributed by atoms with Gasteiger partial charge in [-0.15, -0.1) is 0 Å². The van der Waals surface area contributed by atoms with Crippen molar-refractivity contribution in [1.29, 1.82) is 0 Å². The summed E-state index contributed by atoms with van der Waals surface area (Å²) in [7, 11) is 0. The van der Waals surface area contributed by atoms with Gasteiger partial charge in [0.25, 0.3) is 0 Å². The van der Waals surface area contributed by atoms with E-state index in [1.54, 1.807) is 6.08 Å². The summed E-state index contributed by atoms with van der Waals surface area (Å²) in [5.41, 5.74) is 1.14. The summed E-state index contributed by atoms with van der Waals surface area (Å²) in [6.07, 6.45) is 4.92. The van der Waals surface area contributed by atoms with Crippen molar-refractivity contribution in [1.82, 2.24) is 5.32 Å². The molecule has 0 aliphatic carbocycles. The minimum atomic E-state index is 0.115. The number of hydrogen-bond acceptors (Lipinski definition) is 3. The lowest BCUT2D eigenvalue weighted by Crippen LogP contribution is -2.22. The Labute approximate surface area is 73.4 Å². The summed E-state index contributed by atoms with van der Waals surface area (Å²) in [6, 6.07) is 0. The van der Waals surface area contributed by atoms with Crippen molar-refractivity contribution in [2.45, 2.75) is 19.8 Å². The van der Waals surface area contributed by atoms with Crippen molar-refractivity contribution in [3.05, 3.63) is 17.9 Å². The molecule has 1 radical (unpaired) electrons. The Kier molecular flexibility index (Phi) is 4.29. The Hall–Kier alpha value is -0.380. The van der Waals surface area contributed by atoms with Crippen LogP contribution in [-0.2, 0) is 4.74 Å². The van der Waals surface area contributed by atoms with Gasteiger partial charge in [-0.3, -0.25) is 5.32 Å². The van der Waals surface area contributed by atoms with E-state index in [2.05, 4.69) is 5.32 Å². The first kappa shape index (κ1) is 9.71. The van der Waals surface area contributed by atoms with E-state index < -0.39 is 0 Å². The van der Waals surface area contributed by atoms with Crippen molar-refractivity contribution < 1.29 is 9.84 Å². The summed E-state index contributed by atoms with van der Waals surface area (Å²) in [5, 5.41) is 11.8. The molecular formula is C9H16NO2. The number of aliphatic hydroxyl groups is 1. The Morgan fingerprint density at radius 1 is 1.75 bits per heavy atom. The molecule has 1 aliphatic rings. The molecule has 0 aromatic rings. The van der Waals surface area contributed by atoms with Gasteiger partial charge in [0, 0.05) is 13.2 Å². The zero-order chi connectivity index (χ0) is 8.81. The zero-order valence-electron chi connectivity index (χ0n) is 7.47. The van der Waals surface area contributed by atoms with Crippen LogP contribution in [0.25, 0.3) is 0 Å². The molecule has 1 fully saturated rings. The van der Waals surface area contributed by atoms with Gasteiger partial charge in [0.05, 0.1) is 6.61 Å². The van der Waals surface area contributed by atoms with Crippen LogP contribution in [0.3, 0.4) is 0 Å². The highest BCUT2D eigenvalue weighted by atomic mass is 16.5. The SMILES string of the molecule is C/C(=C\CO)CN[C]1CCCO1. The third-order valence-corrected chi connectivity index (χ3v) is 1.83. The third kappa shape index (κ3) is 3.34. The number of aliphatic hydroxyl groups excluding tert-OH is 1. The van der Waals surface area contributed by atoms with Crippen LogP contribution in [0.4, 0.5) is 0 Å². The van der Waals surface area contributed by atoms with Crippen LogP contribution in [0.2, 0.25) is 0 Å². The maximum Gasteiger partial charge on any atom is 0.162 e. The number of ether oxygens (including phenoxy) is 1. The fourth-order valence-electron chi connectivity index (χ4n) is 1.11. The third-order valence-electron chi connectivity index (χ3n) is 1.83. The standard InChI is InChI=1S/C9H16NO2/c1-8(4-5-11)7-10-9-3-2-6-12-9/h4,10-11H,2-3,5-7H2,1H3/b8-4+. The smallest absolute Gasteiger partial charge is 0.162 e. The monoisotopic (exact) mass is 170 g/mol. The molecule has 0 saturated carbocycles. The van der Waals surface area contributed by atoms with Crippen LogP contribution in [-0.4, -0.2) is 24.9 Å². The Morgan fingerprint density at radius 3 is 3.17 bits per heavy atom. The first-order chi connectivity index (χ1) is 5.83. The van der Waals surface area contributed by atoms with Gasteiger partial charge in [-0.25, -0.2) is 0 Å². The quantitative estimate of drug-likeness (QED) is 0.614. The Morgan fingerprint density at radius 2 is 2.58 bits per heavy atom. The molecule has 2 N–H and O–H groups in total. The highest BCUT2D eigenvalue weighted by Crippen LogP contribution is 2.15. The molecule has 0 atom stereocenters. The van der Waals surface area contributed by atoms with Gasteiger partial charge in [0.1, 0.15) is 0 Å². The topological polar surface area (TPSA) is 41.5 Å². The largest absolute Gasteiger partial charge is 0.392 e. The lowest BCUT2D eigenvalue weighted by molar-refractivity contribution is 0.175. The molecule has 1 heterocycles. The van der Waals surface area contributed by atoms with Gasteiger partial charge in [-0.1, -0.05) is 11.6 Å². The fourth-order valence-corrected chi connectivity index (χ4v) is 1.11. The van der Waals surface area contributed by atoms with Crippen LogP contribution >= 0.6 is 0 Å². The van der Waals surface area contributed by atoms with E-state index in [0.717, 1.165) is 37.8 Å². The molecule has 1 aliphatic heterocycles. The van der Waals surface area contributed by atoms with Crippen molar-refractivity contribution in [2.75, 3.05) is 19.8 Å². The molecule has 1 rings (SSSR count). The molecule has 0 aromatic carbocycles. The molecule has 1 saturated heterocycles. The van der Waals surface area contributed by atoms with Crippen molar-refractivity contribution in [2.24, 2.45) is 0 Å². The molecular weight excluding hydrogens is 154 g/mol. The van der Waals surface area contributed by atoms with Crippen LogP contribution in [0, 0.1) is 6.23 Å². The minimum absolute atomic E-state index is 0.115. The van der Waals surface area contributed by atoms with Gasteiger partial charge in [0.15, 0.2) is 6.23 Å². The summed E-state index contributed by atoms with van der Waals surface area (Å²) in [6.45, 7) is 3.71. The van der Waals surface area contributed by atoms with E-state index in [9.17, 15) is 0 Å². The Bertz CT molecular complexity index is 151. The van der Waals surface area contributed by atoms with E-state index in [4.69, 9.17) is 9.84 Å². The zero-order valence-corrected chi connectivity index (χ0v) is 7.47. The van der Waals surface area contributed by atoms with Gasteiger partial charge < -0.3 is 9.84 Å². The minimum Gasteiger partial charge on any atom is -0.392 e. The highest BCUT2D eigenvalue weighted by Gasteiger charge is 2.15. The number of hydrogen-bond donors (Lipinski definition) is 2. The van der Waals surface area contributed by atoms with E-state index in [-0.39, 0.29) is 6.61 Å². The number of rotatable bonds is 4. The average Bonchev–Trinajstić information content (AvgIpc) is 2.53. The van der Waals surface area contributed by atoms with E-state index in [0.29, 0.717) is 0 Å². The molecule has 69 valence electrons. The molecule has 12 heavy (non-hydrogen) atoms. The molecule has 0 bridgehead atoms. The second kappa shape index (κ2) is 5.30. The summed E-state index contributed by atoms with van der Waals surface area (Å²) in [4.78, 5) is 0. The Balaban J connectivity index is 2.11. The molecule has 0 aromatic heterocycles.